The van der Waals surface area contributed by atoms with Gasteiger partial charge in [-0.25, -0.2) is 4.68 Å². The Labute approximate surface area is 97.8 Å². The van der Waals surface area contributed by atoms with Crippen molar-refractivity contribution >= 4 is 5.91 Å². The van der Waals surface area contributed by atoms with Gasteiger partial charge in [0, 0.05) is 19.3 Å². The van der Waals surface area contributed by atoms with Crippen LogP contribution in [-0.4, -0.2) is 38.9 Å². The van der Waals surface area contributed by atoms with E-state index in [1.165, 1.54) is 12.5 Å². The molecule has 17 heavy (non-hydrogen) atoms. The molecule has 0 bridgehead atoms. The molecule has 2 aromatic heterocycles. The average molecular weight is 232 g/mol. The third-order valence-electron chi connectivity index (χ3n) is 3.03. The van der Waals surface area contributed by atoms with Gasteiger partial charge in [-0.1, -0.05) is 5.21 Å². The zero-order valence-corrected chi connectivity index (χ0v) is 9.19. The van der Waals surface area contributed by atoms with Crippen molar-refractivity contribution in [1.82, 2.24) is 19.9 Å². The zero-order valence-electron chi connectivity index (χ0n) is 9.19. The molecule has 0 aliphatic carbocycles. The second-order valence-electron chi connectivity index (χ2n) is 4.09. The fourth-order valence-corrected chi connectivity index (χ4v) is 2.12. The van der Waals surface area contributed by atoms with Crippen molar-refractivity contribution in [2.45, 2.75) is 12.5 Å². The molecule has 1 aliphatic rings. The summed E-state index contributed by atoms with van der Waals surface area (Å²) in [6.07, 6.45) is 7.38. The molecule has 1 atom stereocenters. The van der Waals surface area contributed by atoms with Crippen LogP contribution in [0.4, 0.5) is 0 Å². The number of carbonyl (C=O) groups is 1. The highest BCUT2D eigenvalue weighted by molar-refractivity contribution is 5.94. The van der Waals surface area contributed by atoms with Gasteiger partial charge >= 0.3 is 0 Å². The maximum absolute atomic E-state index is 12.0. The Hall–Kier alpha value is -2.11. The number of aromatic nitrogens is 3. The predicted molar refractivity (Wildman–Crippen MR) is 58.3 cm³/mol. The van der Waals surface area contributed by atoms with Crippen molar-refractivity contribution in [2.24, 2.45) is 0 Å². The Morgan fingerprint density at radius 1 is 1.53 bits per heavy atom. The number of hydrogen-bond donors (Lipinski definition) is 0. The average Bonchev–Trinajstić information content (AvgIpc) is 3.09. The fraction of sp³-hybridized carbons (Fsp3) is 0.364. The minimum Gasteiger partial charge on any atom is -0.472 e. The largest absolute Gasteiger partial charge is 0.472 e. The van der Waals surface area contributed by atoms with Crippen LogP contribution in [0.25, 0.3) is 0 Å². The molecule has 6 nitrogen and oxygen atoms in total. The first kappa shape index (κ1) is 10.1. The number of amides is 1. The molecule has 2 aromatic rings. The van der Waals surface area contributed by atoms with Crippen LogP contribution >= 0.6 is 0 Å². The maximum atomic E-state index is 12.0. The summed E-state index contributed by atoms with van der Waals surface area (Å²) >= 11 is 0. The highest BCUT2D eigenvalue weighted by Crippen LogP contribution is 2.22. The Kier molecular flexibility index (Phi) is 2.40. The summed E-state index contributed by atoms with van der Waals surface area (Å²) in [5.74, 6) is 0.0152. The van der Waals surface area contributed by atoms with Crippen LogP contribution < -0.4 is 0 Å². The van der Waals surface area contributed by atoms with Gasteiger partial charge in [0.25, 0.3) is 5.91 Å². The zero-order chi connectivity index (χ0) is 11.7. The van der Waals surface area contributed by atoms with Gasteiger partial charge in [0.15, 0.2) is 0 Å². The predicted octanol–water partition coefficient (Wildman–Crippen LogP) is 0.958. The number of rotatable bonds is 2. The summed E-state index contributed by atoms with van der Waals surface area (Å²) in [6.45, 7) is 1.42. The first-order chi connectivity index (χ1) is 8.34. The number of carbonyl (C=O) groups excluding carboxylic acids is 1. The summed E-state index contributed by atoms with van der Waals surface area (Å²) in [5, 5.41) is 7.75. The van der Waals surface area contributed by atoms with Crippen LogP contribution in [0.1, 0.15) is 22.8 Å². The van der Waals surface area contributed by atoms with Crippen molar-refractivity contribution < 1.29 is 9.21 Å². The highest BCUT2D eigenvalue weighted by Gasteiger charge is 2.28. The number of likely N-dealkylation sites (tertiary alicyclic amines) is 1. The third-order valence-corrected chi connectivity index (χ3v) is 3.03. The molecule has 1 saturated heterocycles. The van der Waals surface area contributed by atoms with E-state index in [0.717, 1.165) is 13.0 Å². The highest BCUT2D eigenvalue weighted by atomic mass is 16.3. The molecular formula is C11H12N4O2. The molecule has 1 amide bonds. The summed E-state index contributed by atoms with van der Waals surface area (Å²) in [4.78, 5) is 13.9. The van der Waals surface area contributed by atoms with E-state index >= 15 is 0 Å². The molecule has 1 unspecified atom stereocenters. The molecule has 0 saturated carbocycles. The quantitative estimate of drug-likeness (QED) is 0.773. The van der Waals surface area contributed by atoms with E-state index in [-0.39, 0.29) is 11.9 Å². The summed E-state index contributed by atoms with van der Waals surface area (Å²) in [5.41, 5.74) is 0.601. The third kappa shape index (κ3) is 1.82. The maximum Gasteiger partial charge on any atom is 0.257 e. The van der Waals surface area contributed by atoms with Crippen LogP contribution in [0.5, 0.6) is 0 Å². The molecule has 3 rings (SSSR count). The molecule has 0 aromatic carbocycles. The van der Waals surface area contributed by atoms with E-state index in [1.807, 2.05) is 15.8 Å². The van der Waals surface area contributed by atoms with Crippen molar-refractivity contribution in [3.63, 3.8) is 0 Å². The van der Waals surface area contributed by atoms with Gasteiger partial charge in [-0.05, 0) is 12.5 Å². The summed E-state index contributed by atoms with van der Waals surface area (Å²) in [7, 11) is 0. The van der Waals surface area contributed by atoms with E-state index in [4.69, 9.17) is 4.42 Å². The minimum atomic E-state index is 0.0152. The molecule has 6 heteroatoms. The Balaban J connectivity index is 1.70. The molecule has 1 fully saturated rings. The standard InChI is InChI=1S/C11H12N4O2/c16-11(9-2-6-17-8-9)14-4-1-10(7-14)15-5-3-12-13-15/h2-3,5-6,8,10H,1,4,7H2. The molecule has 3 heterocycles. The minimum absolute atomic E-state index is 0.0152. The molecule has 0 radical (unpaired) electrons. The number of hydrogen-bond acceptors (Lipinski definition) is 4. The lowest BCUT2D eigenvalue weighted by Crippen LogP contribution is -2.28. The van der Waals surface area contributed by atoms with Crippen molar-refractivity contribution in [3.8, 4) is 0 Å². The van der Waals surface area contributed by atoms with Gasteiger partial charge in [-0.15, -0.1) is 5.10 Å². The molecule has 0 N–H and O–H groups in total. The molecule has 88 valence electrons. The van der Waals surface area contributed by atoms with E-state index in [2.05, 4.69) is 10.3 Å². The fourth-order valence-electron chi connectivity index (χ4n) is 2.12. The van der Waals surface area contributed by atoms with Gasteiger partial charge in [0.1, 0.15) is 6.26 Å². The first-order valence-corrected chi connectivity index (χ1v) is 5.52. The van der Waals surface area contributed by atoms with Crippen molar-refractivity contribution in [1.29, 1.82) is 0 Å². The van der Waals surface area contributed by atoms with Gasteiger partial charge < -0.3 is 9.32 Å². The lowest BCUT2D eigenvalue weighted by molar-refractivity contribution is 0.0786. The van der Waals surface area contributed by atoms with E-state index in [1.54, 1.807) is 12.3 Å². The van der Waals surface area contributed by atoms with E-state index < -0.39 is 0 Å². The van der Waals surface area contributed by atoms with E-state index in [9.17, 15) is 4.79 Å². The Morgan fingerprint density at radius 3 is 3.18 bits per heavy atom. The van der Waals surface area contributed by atoms with Crippen LogP contribution in [0, 0.1) is 0 Å². The second kappa shape index (κ2) is 4.04. The van der Waals surface area contributed by atoms with Crippen LogP contribution in [0.2, 0.25) is 0 Å². The number of furan rings is 1. The van der Waals surface area contributed by atoms with Crippen LogP contribution in [0.15, 0.2) is 35.4 Å². The number of nitrogens with zero attached hydrogens (tertiary/aromatic N) is 4. The van der Waals surface area contributed by atoms with Crippen LogP contribution in [0.3, 0.4) is 0 Å². The molecule has 1 aliphatic heterocycles. The SMILES string of the molecule is O=C(c1ccoc1)N1CCC(n2ccnn2)C1. The van der Waals surface area contributed by atoms with Gasteiger partial charge in [0.05, 0.1) is 24.1 Å². The van der Waals surface area contributed by atoms with Crippen LogP contribution in [-0.2, 0) is 0 Å². The van der Waals surface area contributed by atoms with Gasteiger partial charge in [0.2, 0.25) is 0 Å². The smallest absolute Gasteiger partial charge is 0.257 e. The lowest BCUT2D eigenvalue weighted by Gasteiger charge is -2.15. The molecular weight excluding hydrogens is 220 g/mol. The van der Waals surface area contributed by atoms with Crippen molar-refractivity contribution in [3.05, 3.63) is 36.5 Å². The van der Waals surface area contributed by atoms with Gasteiger partial charge in [-0.3, -0.25) is 4.79 Å². The summed E-state index contributed by atoms with van der Waals surface area (Å²) < 4.78 is 6.73. The second-order valence-corrected chi connectivity index (χ2v) is 4.09. The van der Waals surface area contributed by atoms with Gasteiger partial charge in [-0.2, -0.15) is 0 Å². The lowest BCUT2D eigenvalue weighted by atomic mass is 10.3. The Morgan fingerprint density at radius 2 is 2.47 bits per heavy atom. The molecule has 0 spiro atoms. The topological polar surface area (TPSA) is 64.2 Å². The monoisotopic (exact) mass is 232 g/mol. The van der Waals surface area contributed by atoms with Crippen molar-refractivity contribution in [2.75, 3.05) is 13.1 Å². The summed E-state index contributed by atoms with van der Waals surface area (Å²) in [6, 6.07) is 1.92. The normalized spacial score (nSPS) is 19.8. The Bertz CT molecular complexity index is 492. The van der Waals surface area contributed by atoms with E-state index in [0.29, 0.717) is 12.1 Å². The first-order valence-electron chi connectivity index (χ1n) is 5.52.